The second-order valence-corrected chi connectivity index (χ2v) is 4.90. The Morgan fingerprint density at radius 3 is 2.72 bits per heavy atom. The van der Waals surface area contributed by atoms with Crippen molar-refractivity contribution >= 4 is 17.9 Å². The molecule has 2 aromatic heterocycles. The first-order valence-electron chi connectivity index (χ1n) is 7.04. The monoisotopic (exact) mass is 356 g/mol. The van der Waals surface area contributed by atoms with Gasteiger partial charge in [-0.1, -0.05) is 6.07 Å². The van der Waals surface area contributed by atoms with Crippen molar-refractivity contribution in [1.82, 2.24) is 20.6 Å². The van der Waals surface area contributed by atoms with Gasteiger partial charge in [-0.25, -0.2) is 4.98 Å². The number of oxazole rings is 1. The highest BCUT2D eigenvalue weighted by atomic mass is 19.4. The Morgan fingerprint density at radius 2 is 2.04 bits per heavy atom. The van der Waals surface area contributed by atoms with Gasteiger partial charge in [-0.3, -0.25) is 4.79 Å². The molecule has 25 heavy (non-hydrogen) atoms. The van der Waals surface area contributed by atoms with E-state index in [1.807, 2.05) is 5.32 Å². The summed E-state index contributed by atoms with van der Waals surface area (Å²) in [5.74, 6) is -0.662. The predicted octanol–water partition coefficient (Wildman–Crippen LogP) is 1.47. The summed E-state index contributed by atoms with van der Waals surface area (Å²) in [6, 6.07) is 4.89. The Hall–Kier alpha value is -3.11. The summed E-state index contributed by atoms with van der Waals surface area (Å²) in [4.78, 5) is 22.8. The van der Waals surface area contributed by atoms with Gasteiger partial charge in [-0.2, -0.15) is 23.1 Å². The number of amides is 1. The summed E-state index contributed by atoms with van der Waals surface area (Å²) in [6.07, 6.45) is -3.17. The van der Waals surface area contributed by atoms with Crippen LogP contribution in [0, 0.1) is 0 Å². The molecule has 0 bridgehead atoms. The van der Waals surface area contributed by atoms with Crippen molar-refractivity contribution in [3.05, 3.63) is 30.2 Å². The first-order valence-corrected chi connectivity index (χ1v) is 7.04. The van der Waals surface area contributed by atoms with Gasteiger partial charge in [0.25, 0.3) is 0 Å². The molecule has 0 saturated carbocycles. The molecule has 8 nitrogen and oxygen atoms in total. The van der Waals surface area contributed by atoms with Crippen LogP contribution in [0.4, 0.5) is 19.2 Å². The number of carbonyl (C=O) groups is 1. The highest BCUT2D eigenvalue weighted by Crippen LogP contribution is 2.20. The van der Waals surface area contributed by atoms with Crippen molar-refractivity contribution in [3.63, 3.8) is 0 Å². The average molecular weight is 356 g/mol. The summed E-state index contributed by atoms with van der Waals surface area (Å²) in [5.41, 5.74) is 6.72. The summed E-state index contributed by atoms with van der Waals surface area (Å²) in [7, 11) is 0. The van der Waals surface area contributed by atoms with Crippen molar-refractivity contribution in [2.45, 2.75) is 19.6 Å². The lowest BCUT2D eigenvalue weighted by Crippen LogP contribution is -2.38. The maximum Gasteiger partial charge on any atom is 0.405 e. The van der Waals surface area contributed by atoms with Crippen LogP contribution in [0.1, 0.15) is 12.6 Å². The van der Waals surface area contributed by atoms with Crippen molar-refractivity contribution in [2.24, 2.45) is 10.7 Å². The topological polar surface area (TPSA) is 118 Å². The van der Waals surface area contributed by atoms with E-state index in [9.17, 15) is 18.0 Å². The molecule has 2 heterocycles. The summed E-state index contributed by atoms with van der Waals surface area (Å²) < 4.78 is 41.3. The fraction of sp³-hybridized carbons (Fsp3) is 0.286. The Labute approximate surface area is 140 Å². The van der Waals surface area contributed by atoms with E-state index in [1.54, 1.807) is 18.2 Å². The van der Waals surface area contributed by atoms with Gasteiger partial charge in [0.2, 0.25) is 5.91 Å². The Kier molecular flexibility index (Phi) is 5.57. The third kappa shape index (κ3) is 6.12. The number of hydrogen-bond donors (Lipinski definition) is 3. The molecule has 2 aromatic rings. The number of aliphatic imine (C=N–C) groups is 1. The first-order chi connectivity index (χ1) is 11.7. The van der Waals surface area contributed by atoms with Crippen molar-refractivity contribution < 1.29 is 22.4 Å². The highest BCUT2D eigenvalue weighted by Gasteiger charge is 2.26. The smallest absolute Gasteiger partial charge is 0.405 e. The van der Waals surface area contributed by atoms with E-state index in [2.05, 4.69) is 20.3 Å². The maximum absolute atomic E-state index is 12.1. The predicted molar refractivity (Wildman–Crippen MR) is 82.6 cm³/mol. The molecule has 0 aliphatic rings. The van der Waals surface area contributed by atoms with Gasteiger partial charge < -0.3 is 20.8 Å². The van der Waals surface area contributed by atoms with E-state index in [4.69, 9.17) is 10.2 Å². The summed E-state index contributed by atoms with van der Waals surface area (Å²) >= 11 is 0. The summed E-state index contributed by atoms with van der Waals surface area (Å²) in [6.45, 7) is 0.325. The van der Waals surface area contributed by atoms with Crippen LogP contribution in [0.15, 0.2) is 33.9 Å². The number of nitrogens with one attached hydrogen (secondary N) is 2. The van der Waals surface area contributed by atoms with Crippen LogP contribution in [0.25, 0.3) is 11.4 Å². The van der Waals surface area contributed by atoms with Gasteiger partial charge in [-0.15, -0.1) is 0 Å². The molecular formula is C14H15F3N6O2. The Bertz CT molecular complexity index is 772. The minimum absolute atomic E-state index is 0.188. The highest BCUT2D eigenvalue weighted by molar-refractivity contribution is 5.79. The second-order valence-electron chi connectivity index (χ2n) is 4.90. The third-order valence-corrected chi connectivity index (χ3v) is 2.77. The lowest BCUT2D eigenvalue weighted by atomic mass is 10.2. The number of rotatable bonds is 5. The van der Waals surface area contributed by atoms with E-state index in [0.29, 0.717) is 17.1 Å². The van der Waals surface area contributed by atoms with Gasteiger partial charge in [0.15, 0.2) is 5.96 Å². The van der Waals surface area contributed by atoms with E-state index in [-0.39, 0.29) is 18.5 Å². The van der Waals surface area contributed by atoms with Gasteiger partial charge in [0.05, 0.1) is 17.9 Å². The van der Waals surface area contributed by atoms with Crippen molar-refractivity contribution in [2.75, 3.05) is 6.54 Å². The van der Waals surface area contributed by atoms with Crippen LogP contribution in [-0.4, -0.2) is 34.6 Å². The van der Waals surface area contributed by atoms with Crippen LogP contribution in [0.3, 0.4) is 0 Å². The second kappa shape index (κ2) is 7.64. The third-order valence-electron chi connectivity index (χ3n) is 2.77. The van der Waals surface area contributed by atoms with Gasteiger partial charge in [0.1, 0.15) is 18.5 Å². The van der Waals surface area contributed by atoms with Crippen LogP contribution in [0.2, 0.25) is 0 Å². The molecule has 0 atom stereocenters. The van der Waals surface area contributed by atoms with E-state index < -0.39 is 18.7 Å². The fourth-order valence-electron chi connectivity index (χ4n) is 1.70. The molecule has 0 aromatic carbocycles. The number of guanidine groups is 1. The lowest BCUT2D eigenvalue weighted by molar-refractivity contribution is -0.122. The number of hydrogen-bond acceptors (Lipinski definition) is 5. The zero-order chi connectivity index (χ0) is 18.4. The summed E-state index contributed by atoms with van der Waals surface area (Å²) in [5, 5.41) is 4.52. The Morgan fingerprint density at radius 1 is 1.28 bits per heavy atom. The molecule has 1 amide bonds. The normalized spacial score (nSPS) is 12.1. The molecule has 0 unspecified atom stereocenters. The zero-order valence-electron chi connectivity index (χ0n) is 13.1. The molecule has 0 spiro atoms. The molecule has 11 heteroatoms. The van der Waals surface area contributed by atoms with E-state index in [0.717, 1.165) is 0 Å². The zero-order valence-corrected chi connectivity index (χ0v) is 13.1. The number of alkyl halides is 3. The molecule has 0 aliphatic carbocycles. The number of carbonyl (C=O) groups excluding carboxylic acids is 1. The van der Waals surface area contributed by atoms with E-state index >= 15 is 0 Å². The van der Waals surface area contributed by atoms with Crippen LogP contribution in [-0.2, 0) is 11.3 Å². The number of nitrogens with zero attached hydrogens (tertiary/aromatic N) is 3. The van der Waals surface area contributed by atoms with Gasteiger partial charge >= 0.3 is 12.2 Å². The minimum atomic E-state index is -4.42. The standard InChI is InChI=1S/C14H15F3N6O2/c1-8(24)19-5-9-3-2-4-10(21-9)11-6-25-13(22-11)23-12(18)20-7-14(15,16)17/h2-4,6H,5,7H2,1H3,(H,19,24)(H3,18,20,22,23). The van der Waals surface area contributed by atoms with E-state index in [1.165, 1.54) is 13.2 Å². The molecule has 134 valence electrons. The number of halogens is 3. The fourth-order valence-corrected chi connectivity index (χ4v) is 1.70. The van der Waals surface area contributed by atoms with Crippen molar-refractivity contribution in [3.8, 4) is 11.4 Å². The average Bonchev–Trinajstić information content (AvgIpc) is 2.99. The number of nitrogens with two attached hydrogens (primary N) is 1. The van der Waals surface area contributed by atoms with Crippen LogP contribution < -0.4 is 16.4 Å². The van der Waals surface area contributed by atoms with Crippen LogP contribution >= 0.6 is 0 Å². The number of pyridine rings is 1. The van der Waals surface area contributed by atoms with Crippen molar-refractivity contribution in [1.29, 1.82) is 0 Å². The molecule has 0 fully saturated rings. The number of aromatic nitrogens is 2. The SMILES string of the molecule is CC(=O)NCc1cccc(-c2coc(/N=C(\N)NCC(F)(F)F)n2)n1. The Balaban J connectivity index is 2.08. The maximum atomic E-state index is 12.1. The van der Waals surface area contributed by atoms with Crippen LogP contribution in [0.5, 0.6) is 0 Å². The van der Waals surface area contributed by atoms with Gasteiger partial charge in [-0.05, 0) is 12.1 Å². The quantitative estimate of drug-likeness (QED) is 0.551. The molecule has 4 N–H and O–H groups in total. The largest absolute Gasteiger partial charge is 0.430 e. The molecule has 0 saturated heterocycles. The molecule has 0 radical (unpaired) electrons. The molecular weight excluding hydrogens is 341 g/mol. The first kappa shape index (κ1) is 18.2. The van der Waals surface area contributed by atoms with Gasteiger partial charge in [0, 0.05) is 6.92 Å². The molecule has 2 rings (SSSR count). The molecule has 0 aliphatic heterocycles. The minimum Gasteiger partial charge on any atom is -0.430 e. The lowest BCUT2D eigenvalue weighted by Gasteiger charge is -2.07.